The first-order valence-corrected chi connectivity index (χ1v) is 6.72. The van der Waals surface area contributed by atoms with Crippen LogP contribution in [0.5, 0.6) is 0 Å². The van der Waals surface area contributed by atoms with Crippen LogP contribution in [0.15, 0.2) is 24.3 Å². The number of benzene rings is 1. The minimum absolute atomic E-state index is 0.0189. The van der Waals surface area contributed by atoms with Crippen molar-refractivity contribution in [3.8, 4) is 0 Å². The number of rotatable bonds is 4. The van der Waals surface area contributed by atoms with Crippen molar-refractivity contribution in [2.75, 3.05) is 45.2 Å². The summed E-state index contributed by atoms with van der Waals surface area (Å²) in [5, 5.41) is 5.40. The Morgan fingerprint density at radius 3 is 2.45 bits per heavy atom. The third kappa shape index (κ3) is 4.04. The number of quaternary nitrogens is 1. The molecule has 1 fully saturated rings. The Hall–Kier alpha value is -1.92. The minimum atomic E-state index is -0.138. The maximum atomic E-state index is 11.9. The van der Waals surface area contributed by atoms with Gasteiger partial charge in [0.25, 0.3) is 11.8 Å². The van der Waals surface area contributed by atoms with Gasteiger partial charge in [0.15, 0.2) is 6.54 Å². The highest BCUT2D eigenvalue weighted by Gasteiger charge is 2.17. The molecule has 2 amide bonds. The normalized spacial score (nSPS) is 15.7. The first kappa shape index (κ1) is 14.5. The summed E-state index contributed by atoms with van der Waals surface area (Å²) in [5.74, 6) is -0.157. The largest absolute Gasteiger partial charge is 0.370 e. The zero-order valence-corrected chi connectivity index (χ0v) is 11.6. The van der Waals surface area contributed by atoms with E-state index in [4.69, 9.17) is 4.74 Å². The van der Waals surface area contributed by atoms with Gasteiger partial charge >= 0.3 is 0 Å². The number of hydrogen-bond acceptors (Lipinski definition) is 3. The molecule has 6 nitrogen and oxygen atoms in total. The van der Waals surface area contributed by atoms with Crippen molar-refractivity contribution < 1.29 is 19.2 Å². The van der Waals surface area contributed by atoms with Crippen molar-refractivity contribution in [2.24, 2.45) is 0 Å². The fourth-order valence-corrected chi connectivity index (χ4v) is 2.12. The fourth-order valence-electron chi connectivity index (χ4n) is 2.12. The molecule has 1 aliphatic rings. The van der Waals surface area contributed by atoms with Crippen molar-refractivity contribution in [3.05, 3.63) is 29.8 Å². The zero-order valence-electron chi connectivity index (χ0n) is 11.6. The van der Waals surface area contributed by atoms with Crippen LogP contribution < -0.4 is 15.5 Å². The van der Waals surface area contributed by atoms with Crippen LogP contribution in [0.2, 0.25) is 0 Å². The number of anilines is 1. The lowest BCUT2D eigenvalue weighted by molar-refractivity contribution is -0.899. The van der Waals surface area contributed by atoms with E-state index in [0.29, 0.717) is 31.0 Å². The van der Waals surface area contributed by atoms with E-state index in [9.17, 15) is 9.59 Å². The minimum Gasteiger partial charge on any atom is -0.370 e. The van der Waals surface area contributed by atoms with E-state index in [1.165, 1.54) is 4.90 Å². The molecule has 0 spiro atoms. The summed E-state index contributed by atoms with van der Waals surface area (Å²) in [7, 11) is 1.59. The van der Waals surface area contributed by atoms with Gasteiger partial charge in [0.1, 0.15) is 13.1 Å². The molecule has 0 atom stereocenters. The molecule has 6 heteroatoms. The Labute approximate surface area is 118 Å². The number of nitrogens with one attached hydrogen (secondary N) is 3. The van der Waals surface area contributed by atoms with Crippen LogP contribution in [-0.2, 0) is 9.53 Å². The van der Waals surface area contributed by atoms with E-state index in [0.717, 1.165) is 13.1 Å². The van der Waals surface area contributed by atoms with E-state index in [2.05, 4.69) is 10.6 Å². The Morgan fingerprint density at radius 1 is 1.20 bits per heavy atom. The van der Waals surface area contributed by atoms with Crippen molar-refractivity contribution in [1.29, 1.82) is 0 Å². The molecule has 1 saturated heterocycles. The molecule has 0 saturated carbocycles. The Bertz CT molecular complexity index is 467. The molecule has 3 N–H and O–H groups in total. The van der Waals surface area contributed by atoms with Crippen LogP contribution in [0.1, 0.15) is 10.4 Å². The SMILES string of the molecule is CNC(=O)c1ccc(NC(=O)C[NH+]2CCOCC2)cc1. The van der Waals surface area contributed by atoms with Gasteiger partial charge in [0, 0.05) is 18.3 Å². The maximum absolute atomic E-state index is 11.9. The highest BCUT2D eigenvalue weighted by atomic mass is 16.5. The summed E-state index contributed by atoms with van der Waals surface area (Å²) in [6, 6.07) is 6.85. The third-order valence-electron chi connectivity index (χ3n) is 3.27. The Balaban J connectivity index is 1.85. The molecule has 0 bridgehead atoms. The van der Waals surface area contributed by atoms with Gasteiger partial charge in [-0.15, -0.1) is 0 Å². The lowest BCUT2D eigenvalue weighted by Crippen LogP contribution is -3.15. The second-order valence-electron chi connectivity index (χ2n) is 4.74. The van der Waals surface area contributed by atoms with Crippen LogP contribution in [0.4, 0.5) is 5.69 Å². The zero-order chi connectivity index (χ0) is 14.4. The molecule has 1 heterocycles. The van der Waals surface area contributed by atoms with Crippen molar-refractivity contribution >= 4 is 17.5 Å². The maximum Gasteiger partial charge on any atom is 0.279 e. The second-order valence-corrected chi connectivity index (χ2v) is 4.74. The van der Waals surface area contributed by atoms with Crippen LogP contribution >= 0.6 is 0 Å². The molecule has 0 unspecified atom stereocenters. The lowest BCUT2D eigenvalue weighted by Gasteiger charge is -2.23. The molecule has 0 aliphatic carbocycles. The molecule has 108 valence electrons. The highest BCUT2D eigenvalue weighted by molar-refractivity contribution is 5.95. The van der Waals surface area contributed by atoms with Gasteiger partial charge in [0.2, 0.25) is 0 Å². The third-order valence-corrected chi connectivity index (χ3v) is 3.27. The predicted octanol–water partition coefficient (Wildman–Crippen LogP) is -1.10. The number of ether oxygens (including phenoxy) is 1. The van der Waals surface area contributed by atoms with Gasteiger partial charge in [-0.3, -0.25) is 9.59 Å². The first-order valence-electron chi connectivity index (χ1n) is 6.72. The topological polar surface area (TPSA) is 71.9 Å². The molecule has 20 heavy (non-hydrogen) atoms. The van der Waals surface area contributed by atoms with E-state index in [1.54, 1.807) is 31.3 Å². The van der Waals surface area contributed by atoms with Gasteiger partial charge in [-0.05, 0) is 24.3 Å². The van der Waals surface area contributed by atoms with E-state index in [-0.39, 0.29) is 11.8 Å². The van der Waals surface area contributed by atoms with Crippen molar-refractivity contribution in [3.63, 3.8) is 0 Å². The molecule has 2 rings (SSSR count). The van der Waals surface area contributed by atoms with E-state index >= 15 is 0 Å². The standard InChI is InChI=1S/C14H19N3O3/c1-15-14(19)11-2-4-12(5-3-11)16-13(18)10-17-6-8-20-9-7-17/h2-5H,6-10H2,1H3,(H,15,19)(H,16,18)/p+1. The van der Waals surface area contributed by atoms with Gasteiger partial charge < -0.3 is 20.3 Å². The second kappa shape index (κ2) is 7.02. The highest BCUT2D eigenvalue weighted by Crippen LogP contribution is 2.09. The number of hydrogen-bond donors (Lipinski definition) is 3. The first-order chi connectivity index (χ1) is 9.69. The van der Waals surface area contributed by atoms with E-state index in [1.807, 2.05) is 0 Å². The Morgan fingerprint density at radius 2 is 1.85 bits per heavy atom. The van der Waals surface area contributed by atoms with Gasteiger partial charge in [0.05, 0.1) is 13.2 Å². The summed E-state index contributed by atoms with van der Waals surface area (Å²) in [6.45, 7) is 3.60. The van der Waals surface area contributed by atoms with Crippen LogP contribution in [0.25, 0.3) is 0 Å². The molecular formula is C14H20N3O3+. The van der Waals surface area contributed by atoms with Gasteiger partial charge in [-0.1, -0.05) is 0 Å². The summed E-state index contributed by atoms with van der Waals surface area (Å²) >= 11 is 0. The molecule has 1 aromatic carbocycles. The quantitative estimate of drug-likeness (QED) is 0.655. The van der Waals surface area contributed by atoms with Gasteiger partial charge in [-0.2, -0.15) is 0 Å². The predicted molar refractivity (Wildman–Crippen MR) is 74.8 cm³/mol. The fraction of sp³-hybridized carbons (Fsp3) is 0.429. The summed E-state index contributed by atoms with van der Waals surface area (Å²) in [4.78, 5) is 24.5. The van der Waals surface area contributed by atoms with E-state index < -0.39 is 0 Å². The van der Waals surface area contributed by atoms with Crippen LogP contribution in [0, 0.1) is 0 Å². The molecule has 0 radical (unpaired) electrons. The molecule has 1 aliphatic heterocycles. The number of carbonyl (C=O) groups is 2. The Kier molecular flexibility index (Phi) is 5.09. The van der Waals surface area contributed by atoms with Crippen LogP contribution in [0.3, 0.4) is 0 Å². The summed E-state index contributed by atoms with van der Waals surface area (Å²) in [6.07, 6.45) is 0. The number of amides is 2. The summed E-state index contributed by atoms with van der Waals surface area (Å²) in [5.41, 5.74) is 1.28. The smallest absolute Gasteiger partial charge is 0.279 e. The lowest BCUT2D eigenvalue weighted by atomic mass is 10.2. The molecular weight excluding hydrogens is 258 g/mol. The van der Waals surface area contributed by atoms with Crippen molar-refractivity contribution in [2.45, 2.75) is 0 Å². The molecule has 1 aromatic rings. The van der Waals surface area contributed by atoms with Gasteiger partial charge in [-0.25, -0.2) is 0 Å². The molecule has 0 aromatic heterocycles. The monoisotopic (exact) mass is 278 g/mol. The average Bonchev–Trinajstić information content (AvgIpc) is 2.48. The summed E-state index contributed by atoms with van der Waals surface area (Å²) < 4.78 is 5.26. The average molecular weight is 278 g/mol. The van der Waals surface area contributed by atoms with Crippen molar-refractivity contribution in [1.82, 2.24) is 5.32 Å². The van der Waals surface area contributed by atoms with Crippen LogP contribution in [-0.4, -0.2) is 51.7 Å². The number of morpholine rings is 1. The number of carbonyl (C=O) groups excluding carboxylic acids is 2.